The molecular weight excluding hydrogens is 320 g/mol. The minimum Gasteiger partial charge on any atom is -0.353 e. The van der Waals surface area contributed by atoms with E-state index in [1.165, 1.54) is 10.6 Å². The summed E-state index contributed by atoms with van der Waals surface area (Å²) in [5, 5.41) is 6.76. The number of thiazole rings is 1. The van der Waals surface area contributed by atoms with Gasteiger partial charge in [0.1, 0.15) is 5.82 Å². The van der Waals surface area contributed by atoms with Crippen molar-refractivity contribution in [3.63, 3.8) is 0 Å². The SMILES string of the molecule is CC(C)c1nc(CN(C)c2nc(N(C)C)nc3c2CCNC3)cs1. The Labute approximate surface area is 148 Å². The second-order valence-electron chi connectivity index (χ2n) is 6.78. The van der Waals surface area contributed by atoms with E-state index in [1.54, 1.807) is 11.3 Å². The average Bonchev–Trinajstić information content (AvgIpc) is 3.02. The second-order valence-corrected chi connectivity index (χ2v) is 7.67. The first kappa shape index (κ1) is 17.1. The van der Waals surface area contributed by atoms with E-state index < -0.39 is 0 Å². The Kier molecular flexibility index (Phi) is 5.01. The summed E-state index contributed by atoms with van der Waals surface area (Å²) in [5.41, 5.74) is 3.49. The molecule has 3 rings (SSSR count). The molecule has 0 bridgehead atoms. The summed E-state index contributed by atoms with van der Waals surface area (Å²) in [6, 6.07) is 0. The number of rotatable bonds is 5. The number of anilines is 2. The van der Waals surface area contributed by atoms with E-state index in [1.807, 2.05) is 19.0 Å². The van der Waals surface area contributed by atoms with E-state index in [0.29, 0.717) is 5.92 Å². The lowest BCUT2D eigenvalue weighted by molar-refractivity contribution is 0.619. The van der Waals surface area contributed by atoms with Crippen molar-refractivity contribution < 1.29 is 0 Å². The van der Waals surface area contributed by atoms with Gasteiger partial charge in [0.25, 0.3) is 0 Å². The largest absolute Gasteiger partial charge is 0.353 e. The van der Waals surface area contributed by atoms with E-state index in [9.17, 15) is 0 Å². The molecule has 7 heteroatoms. The zero-order chi connectivity index (χ0) is 17.3. The predicted molar refractivity (Wildman–Crippen MR) is 100 cm³/mol. The van der Waals surface area contributed by atoms with Gasteiger partial charge >= 0.3 is 0 Å². The average molecular weight is 347 g/mol. The minimum absolute atomic E-state index is 0.479. The summed E-state index contributed by atoms with van der Waals surface area (Å²) < 4.78 is 0. The Morgan fingerprint density at radius 3 is 2.67 bits per heavy atom. The van der Waals surface area contributed by atoms with Gasteiger partial charge in [-0.25, -0.2) is 9.97 Å². The van der Waals surface area contributed by atoms with Gasteiger partial charge in [0.05, 0.1) is 22.9 Å². The fraction of sp³-hybridized carbons (Fsp3) is 0.588. The Balaban J connectivity index is 1.90. The topological polar surface area (TPSA) is 57.2 Å². The van der Waals surface area contributed by atoms with Gasteiger partial charge in [0.2, 0.25) is 5.95 Å². The molecule has 2 aromatic rings. The number of nitrogens with zero attached hydrogens (tertiary/aromatic N) is 5. The highest BCUT2D eigenvalue weighted by atomic mass is 32.1. The first-order chi connectivity index (χ1) is 11.5. The van der Waals surface area contributed by atoms with Crippen LogP contribution in [0.1, 0.15) is 41.7 Å². The first-order valence-electron chi connectivity index (χ1n) is 8.39. The Hall–Kier alpha value is -1.73. The van der Waals surface area contributed by atoms with Crippen molar-refractivity contribution in [3.8, 4) is 0 Å². The highest BCUT2D eigenvalue weighted by Crippen LogP contribution is 2.27. The normalized spacial score (nSPS) is 13.9. The van der Waals surface area contributed by atoms with Gasteiger partial charge in [-0.2, -0.15) is 4.98 Å². The Bertz CT molecular complexity index is 709. The maximum Gasteiger partial charge on any atom is 0.227 e. The van der Waals surface area contributed by atoms with Crippen molar-refractivity contribution in [2.75, 3.05) is 37.5 Å². The van der Waals surface area contributed by atoms with Crippen molar-refractivity contribution in [1.29, 1.82) is 0 Å². The summed E-state index contributed by atoms with van der Waals surface area (Å²) in [5.74, 6) is 2.28. The molecule has 0 fully saturated rings. The number of aromatic nitrogens is 3. The third-order valence-electron chi connectivity index (χ3n) is 4.13. The lowest BCUT2D eigenvalue weighted by Crippen LogP contribution is -2.30. The van der Waals surface area contributed by atoms with Crippen molar-refractivity contribution >= 4 is 23.1 Å². The molecule has 24 heavy (non-hydrogen) atoms. The molecule has 0 spiro atoms. The zero-order valence-electron chi connectivity index (χ0n) is 15.1. The van der Waals surface area contributed by atoms with Crippen LogP contribution < -0.4 is 15.1 Å². The minimum atomic E-state index is 0.479. The molecule has 0 saturated carbocycles. The summed E-state index contributed by atoms with van der Waals surface area (Å²) >= 11 is 1.74. The summed E-state index contributed by atoms with van der Waals surface area (Å²) in [6.45, 7) is 6.93. The lowest BCUT2D eigenvalue weighted by Gasteiger charge is -2.26. The number of nitrogens with one attached hydrogen (secondary N) is 1. The quantitative estimate of drug-likeness (QED) is 0.897. The molecule has 0 radical (unpaired) electrons. The molecule has 3 heterocycles. The fourth-order valence-electron chi connectivity index (χ4n) is 2.82. The van der Waals surface area contributed by atoms with Crippen LogP contribution in [0.25, 0.3) is 0 Å². The van der Waals surface area contributed by atoms with Gasteiger partial charge in [0.15, 0.2) is 0 Å². The molecular formula is C17H26N6S. The molecule has 1 aliphatic rings. The smallest absolute Gasteiger partial charge is 0.227 e. The molecule has 130 valence electrons. The number of hydrogen-bond acceptors (Lipinski definition) is 7. The fourth-order valence-corrected chi connectivity index (χ4v) is 3.65. The molecule has 0 aromatic carbocycles. The third kappa shape index (κ3) is 3.52. The van der Waals surface area contributed by atoms with Crippen molar-refractivity contribution in [3.05, 3.63) is 27.3 Å². The van der Waals surface area contributed by atoms with E-state index in [0.717, 1.165) is 49.2 Å². The molecule has 1 N–H and O–H groups in total. The molecule has 0 saturated heterocycles. The maximum absolute atomic E-state index is 4.81. The third-order valence-corrected chi connectivity index (χ3v) is 5.32. The van der Waals surface area contributed by atoms with Gasteiger partial charge in [-0.15, -0.1) is 11.3 Å². The van der Waals surface area contributed by atoms with E-state index in [2.05, 4.69) is 36.5 Å². The Morgan fingerprint density at radius 1 is 1.21 bits per heavy atom. The van der Waals surface area contributed by atoms with Crippen LogP contribution in [0.3, 0.4) is 0 Å². The molecule has 1 aliphatic heterocycles. The zero-order valence-corrected chi connectivity index (χ0v) is 15.9. The standard InChI is InChI=1S/C17H26N6S/c1-11(2)16-19-12(10-24-16)9-23(5)15-13-6-7-18-8-14(13)20-17(21-15)22(3)4/h10-11,18H,6-9H2,1-5H3. The molecule has 2 aromatic heterocycles. The highest BCUT2D eigenvalue weighted by molar-refractivity contribution is 7.09. The van der Waals surface area contributed by atoms with Gasteiger partial charge in [-0.05, 0) is 13.0 Å². The van der Waals surface area contributed by atoms with Crippen molar-refractivity contribution in [2.45, 2.75) is 39.3 Å². The number of fused-ring (bicyclic) bond motifs is 1. The molecule has 0 aliphatic carbocycles. The summed E-state index contributed by atoms with van der Waals surface area (Å²) in [4.78, 5) is 18.4. The highest BCUT2D eigenvalue weighted by Gasteiger charge is 2.21. The van der Waals surface area contributed by atoms with E-state index >= 15 is 0 Å². The van der Waals surface area contributed by atoms with Crippen LogP contribution in [0.2, 0.25) is 0 Å². The predicted octanol–water partition coefficient (Wildman–Crippen LogP) is 2.40. The maximum atomic E-state index is 4.81. The monoisotopic (exact) mass is 346 g/mol. The molecule has 0 amide bonds. The van der Waals surface area contributed by atoms with E-state index in [4.69, 9.17) is 15.0 Å². The van der Waals surface area contributed by atoms with Gasteiger partial charge in [-0.1, -0.05) is 13.8 Å². The van der Waals surface area contributed by atoms with Crippen molar-refractivity contribution in [2.24, 2.45) is 0 Å². The molecule has 0 atom stereocenters. The Morgan fingerprint density at radius 2 is 2.00 bits per heavy atom. The van der Waals surface area contributed by atoms with Crippen LogP contribution in [-0.4, -0.2) is 42.6 Å². The second kappa shape index (κ2) is 7.03. The van der Waals surface area contributed by atoms with Crippen LogP contribution in [0.15, 0.2) is 5.38 Å². The summed E-state index contributed by atoms with van der Waals surface area (Å²) in [7, 11) is 6.06. The summed E-state index contributed by atoms with van der Waals surface area (Å²) in [6.07, 6.45) is 0.969. The van der Waals surface area contributed by atoms with Crippen LogP contribution in [0.5, 0.6) is 0 Å². The van der Waals surface area contributed by atoms with Crippen LogP contribution in [0, 0.1) is 0 Å². The van der Waals surface area contributed by atoms with E-state index in [-0.39, 0.29) is 0 Å². The number of hydrogen-bond donors (Lipinski definition) is 1. The van der Waals surface area contributed by atoms with Crippen LogP contribution in [0.4, 0.5) is 11.8 Å². The van der Waals surface area contributed by atoms with Gasteiger partial charge in [0, 0.05) is 44.5 Å². The van der Waals surface area contributed by atoms with Crippen LogP contribution >= 0.6 is 11.3 Å². The van der Waals surface area contributed by atoms with Crippen LogP contribution in [-0.2, 0) is 19.5 Å². The van der Waals surface area contributed by atoms with Crippen molar-refractivity contribution in [1.82, 2.24) is 20.3 Å². The van der Waals surface area contributed by atoms with Gasteiger partial charge in [-0.3, -0.25) is 0 Å². The lowest BCUT2D eigenvalue weighted by atomic mass is 10.1. The molecule has 6 nitrogen and oxygen atoms in total. The first-order valence-corrected chi connectivity index (χ1v) is 9.27. The molecule has 0 unspecified atom stereocenters. The van der Waals surface area contributed by atoms with Gasteiger partial charge < -0.3 is 15.1 Å².